The zero-order valence-electron chi connectivity index (χ0n) is 8.80. The van der Waals surface area contributed by atoms with Crippen LogP contribution in [-0.4, -0.2) is 12.8 Å². The van der Waals surface area contributed by atoms with Crippen molar-refractivity contribution in [2.75, 3.05) is 12.8 Å². The first-order valence-electron chi connectivity index (χ1n) is 4.79. The van der Waals surface area contributed by atoms with Crippen LogP contribution in [0.15, 0.2) is 23.1 Å². The molecular formula is C11H16FNS. The summed E-state index contributed by atoms with van der Waals surface area (Å²) in [4.78, 5) is 0.775. The highest BCUT2D eigenvalue weighted by Gasteiger charge is 2.12. The lowest BCUT2D eigenvalue weighted by Crippen LogP contribution is -2.13. The van der Waals surface area contributed by atoms with Crippen LogP contribution in [0.4, 0.5) is 4.39 Å². The maximum atomic E-state index is 13.5. The van der Waals surface area contributed by atoms with Gasteiger partial charge in [0.25, 0.3) is 0 Å². The van der Waals surface area contributed by atoms with Crippen molar-refractivity contribution in [2.24, 2.45) is 0 Å². The highest BCUT2D eigenvalue weighted by atomic mass is 32.2. The van der Waals surface area contributed by atoms with Gasteiger partial charge in [-0.1, -0.05) is 19.1 Å². The van der Waals surface area contributed by atoms with E-state index in [4.69, 9.17) is 0 Å². The monoisotopic (exact) mass is 213 g/mol. The predicted octanol–water partition coefficient (Wildman–Crippen LogP) is 3.22. The van der Waals surface area contributed by atoms with E-state index in [0.29, 0.717) is 0 Å². The fourth-order valence-electron chi connectivity index (χ4n) is 1.32. The fourth-order valence-corrected chi connectivity index (χ4v) is 2.22. The van der Waals surface area contributed by atoms with Gasteiger partial charge in [0, 0.05) is 10.9 Å². The van der Waals surface area contributed by atoms with Crippen LogP contribution < -0.4 is 5.32 Å². The molecule has 0 spiro atoms. The van der Waals surface area contributed by atoms with Gasteiger partial charge in [0.1, 0.15) is 5.82 Å². The fraction of sp³-hybridized carbons (Fsp3) is 0.455. The van der Waals surface area contributed by atoms with Crippen LogP contribution in [-0.2, 0) is 0 Å². The summed E-state index contributed by atoms with van der Waals surface area (Å²) in [5.41, 5.74) is 1.04. The van der Waals surface area contributed by atoms with Gasteiger partial charge in [0.05, 0.1) is 0 Å². The van der Waals surface area contributed by atoms with Crippen LogP contribution in [0.2, 0.25) is 0 Å². The van der Waals surface area contributed by atoms with Crippen LogP contribution in [0.5, 0.6) is 0 Å². The zero-order valence-corrected chi connectivity index (χ0v) is 9.62. The van der Waals surface area contributed by atoms with Crippen molar-refractivity contribution in [3.8, 4) is 0 Å². The summed E-state index contributed by atoms with van der Waals surface area (Å²) in [5.74, 6) is 0.779. The second kappa shape index (κ2) is 5.37. The van der Waals surface area contributed by atoms with E-state index in [-0.39, 0.29) is 11.9 Å². The van der Waals surface area contributed by atoms with Gasteiger partial charge in [-0.25, -0.2) is 4.39 Å². The Morgan fingerprint density at radius 2 is 2.21 bits per heavy atom. The number of hydrogen-bond donors (Lipinski definition) is 1. The molecule has 0 fully saturated rings. The molecule has 1 aromatic carbocycles. The molecule has 0 aliphatic carbocycles. The van der Waals surface area contributed by atoms with Gasteiger partial charge in [0.15, 0.2) is 0 Å². The molecule has 3 heteroatoms. The SMILES string of the molecule is CCSc1c(F)cccc1C(C)NC. The Morgan fingerprint density at radius 1 is 1.50 bits per heavy atom. The van der Waals surface area contributed by atoms with Crippen LogP contribution in [0.1, 0.15) is 25.5 Å². The third-order valence-electron chi connectivity index (χ3n) is 2.19. The lowest BCUT2D eigenvalue weighted by atomic mass is 10.1. The molecule has 0 radical (unpaired) electrons. The van der Waals surface area contributed by atoms with Gasteiger partial charge in [-0.05, 0) is 31.4 Å². The predicted molar refractivity (Wildman–Crippen MR) is 60.3 cm³/mol. The summed E-state index contributed by atoms with van der Waals surface area (Å²) in [6.07, 6.45) is 0. The standard InChI is InChI=1S/C11H16FNS/c1-4-14-11-9(8(2)13-3)6-5-7-10(11)12/h5-8,13H,4H2,1-3H3. The quantitative estimate of drug-likeness (QED) is 0.771. The van der Waals surface area contributed by atoms with Gasteiger partial charge in [-0.3, -0.25) is 0 Å². The topological polar surface area (TPSA) is 12.0 Å². The first kappa shape index (κ1) is 11.5. The van der Waals surface area contributed by atoms with Crippen molar-refractivity contribution >= 4 is 11.8 Å². The maximum Gasteiger partial charge on any atom is 0.137 e. The number of thioether (sulfide) groups is 1. The lowest BCUT2D eigenvalue weighted by Gasteiger charge is -2.15. The van der Waals surface area contributed by atoms with E-state index in [1.165, 1.54) is 6.07 Å². The molecule has 0 amide bonds. The van der Waals surface area contributed by atoms with Crippen LogP contribution in [0, 0.1) is 5.82 Å². The molecule has 0 heterocycles. The molecule has 1 atom stereocenters. The summed E-state index contributed by atoms with van der Waals surface area (Å²) in [6, 6.07) is 5.45. The highest BCUT2D eigenvalue weighted by molar-refractivity contribution is 7.99. The van der Waals surface area contributed by atoms with Gasteiger partial charge >= 0.3 is 0 Å². The number of benzene rings is 1. The second-order valence-electron chi connectivity index (χ2n) is 3.10. The van der Waals surface area contributed by atoms with E-state index in [1.54, 1.807) is 17.8 Å². The molecule has 0 saturated heterocycles. The molecule has 0 aliphatic heterocycles. The molecule has 0 aromatic heterocycles. The normalized spacial score (nSPS) is 12.9. The first-order chi connectivity index (χ1) is 6.70. The molecule has 14 heavy (non-hydrogen) atoms. The smallest absolute Gasteiger partial charge is 0.137 e. The molecule has 1 unspecified atom stereocenters. The van der Waals surface area contributed by atoms with Gasteiger partial charge in [0.2, 0.25) is 0 Å². The molecule has 1 aromatic rings. The summed E-state index contributed by atoms with van der Waals surface area (Å²) in [5, 5.41) is 3.13. The molecule has 1 N–H and O–H groups in total. The van der Waals surface area contributed by atoms with Crippen LogP contribution in [0.3, 0.4) is 0 Å². The average molecular weight is 213 g/mol. The van der Waals surface area contributed by atoms with E-state index < -0.39 is 0 Å². The van der Waals surface area contributed by atoms with E-state index in [1.807, 2.05) is 27.0 Å². The van der Waals surface area contributed by atoms with Crippen LogP contribution in [0.25, 0.3) is 0 Å². The third-order valence-corrected chi connectivity index (χ3v) is 3.19. The molecule has 0 saturated carbocycles. The Bertz CT molecular complexity index is 301. The van der Waals surface area contributed by atoms with E-state index in [9.17, 15) is 4.39 Å². The molecule has 78 valence electrons. The van der Waals surface area contributed by atoms with Crippen molar-refractivity contribution in [2.45, 2.75) is 24.8 Å². The molecule has 1 rings (SSSR count). The number of rotatable bonds is 4. The van der Waals surface area contributed by atoms with Gasteiger partial charge in [-0.2, -0.15) is 0 Å². The Labute approximate surface area is 89.1 Å². The van der Waals surface area contributed by atoms with Gasteiger partial charge in [-0.15, -0.1) is 11.8 Å². The van der Waals surface area contributed by atoms with E-state index in [2.05, 4.69) is 5.32 Å². The molecule has 1 nitrogen and oxygen atoms in total. The summed E-state index contributed by atoms with van der Waals surface area (Å²) in [6.45, 7) is 4.07. The van der Waals surface area contributed by atoms with Crippen molar-refractivity contribution in [1.82, 2.24) is 5.32 Å². The number of halogens is 1. The Hall–Kier alpha value is -0.540. The average Bonchev–Trinajstić information content (AvgIpc) is 2.20. The van der Waals surface area contributed by atoms with Crippen molar-refractivity contribution in [3.63, 3.8) is 0 Å². The van der Waals surface area contributed by atoms with Crippen molar-refractivity contribution < 1.29 is 4.39 Å². The minimum Gasteiger partial charge on any atom is -0.313 e. The Balaban J connectivity index is 3.07. The maximum absolute atomic E-state index is 13.5. The summed E-state index contributed by atoms with van der Waals surface area (Å²) in [7, 11) is 1.88. The summed E-state index contributed by atoms with van der Waals surface area (Å²) >= 11 is 1.56. The van der Waals surface area contributed by atoms with E-state index in [0.717, 1.165) is 16.2 Å². The summed E-state index contributed by atoms with van der Waals surface area (Å²) < 4.78 is 13.5. The van der Waals surface area contributed by atoms with Crippen molar-refractivity contribution in [1.29, 1.82) is 0 Å². The molecule has 0 bridgehead atoms. The molecule has 0 aliphatic rings. The van der Waals surface area contributed by atoms with Crippen molar-refractivity contribution in [3.05, 3.63) is 29.6 Å². The molecular weight excluding hydrogens is 197 g/mol. The lowest BCUT2D eigenvalue weighted by molar-refractivity contribution is 0.576. The Morgan fingerprint density at radius 3 is 2.79 bits per heavy atom. The van der Waals surface area contributed by atoms with Crippen LogP contribution >= 0.6 is 11.8 Å². The van der Waals surface area contributed by atoms with E-state index >= 15 is 0 Å². The minimum absolute atomic E-state index is 0.114. The minimum atomic E-state index is -0.114. The largest absolute Gasteiger partial charge is 0.313 e. The second-order valence-corrected chi connectivity index (χ2v) is 4.38. The number of nitrogens with one attached hydrogen (secondary N) is 1. The third kappa shape index (κ3) is 2.49. The Kier molecular flexibility index (Phi) is 4.42. The highest BCUT2D eigenvalue weighted by Crippen LogP contribution is 2.29. The van der Waals surface area contributed by atoms with Gasteiger partial charge < -0.3 is 5.32 Å². The number of hydrogen-bond acceptors (Lipinski definition) is 2. The first-order valence-corrected chi connectivity index (χ1v) is 5.77. The zero-order chi connectivity index (χ0) is 10.6.